The minimum absolute atomic E-state index is 0.364. The van der Waals surface area contributed by atoms with Gasteiger partial charge in [0.2, 0.25) is 0 Å². The highest BCUT2D eigenvalue weighted by atomic mass is 16.6. The van der Waals surface area contributed by atoms with Crippen molar-refractivity contribution in [2.24, 2.45) is 0 Å². The van der Waals surface area contributed by atoms with Gasteiger partial charge in [-0.1, -0.05) is 35.4 Å². The van der Waals surface area contributed by atoms with Gasteiger partial charge in [-0.25, -0.2) is 0 Å². The number of likely N-dealkylation sites (N-methyl/N-ethyl adjacent to an activating group) is 2. The van der Waals surface area contributed by atoms with E-state index in [0.29, 0.717) is 25.9 Å². The Hall–Kier alpha value is -2.20. The molecule has 2 N–H and O–H groups in total. The van der Waals surface area contributed by atoms with Gasteiger partial charge in [0.25, 0.3) is 0 Å². The van der Waals surface area contributed by atoms with Crippen LogP contribution in [0.25, 0.3) is 0 Å². The standard InChI is InChI=1S/C14H23NO3.C10H15NO.C4H8O2/c1-12-4-6-14(7-5-12)18-9-8-15(2)10-13(16)11-17-3;1-9-3-5-10(6-4-9)12-8-7-11-2;1-5-2-4-3-6-4/h4-7,13,16H,8-11H2,1-3H3;3-6,11H,7-8H2,1-2H3;4H,2-3H2,1H3. The van der Waals surface area contributed by atoms with Crippen molar-refractivity contribution >= 4 is 0 Å². The van der Waals surface area contributed by atoms with Crippen LogP contribution in [0.2, 0.25) is 0 Å². The van der Waals surface area contributed by atoms with E-state index < -0.39 is 6.10 Å². The van der Waals surface area contributed by atoms with Crippen molar-refractivity contribution in [2.75, 3.05) is 81.0 Å². The largest absolute Gasteiger partial charge is 0.492 e. The lowest BCUT2D eigenvalue weighted by Gasteiger charge is -2.20. The maximum atomic E-state index is 9.56. The second-order valence-corrected chi connectivity index (χ2v) is 8.71. The second-order valence-electron chi connectivity index (χ2n) is 8.71. The quantitative estimate of drug-likeness (QED) is 0.299. The molecule has 2 unspecified atom stereocenters. The molecule has 2 aromatic rings. The second kappa shape index (κ2) is 19.9. The first kappa shape index (κ1) is 31.8. The predicted molar refractivity (Wildman–Crippen MR) is 144 cm³/mol. The lowest BCUT2D eigenvalue weighted by atomic mass is 10.2. The van der Waals surface area contributed by atoms with E-state index in [9.17, 15) is 5.11 Å². The van der Waals surface area contributed by atoms with Crippen LogP contribution < -0.4 is 14.8 Å². The molecule has 0 saturated carbocycles. The molecule has 0 aromatic heterocycles. The summed E-state index contributed by atoms with van der Waals surface area (Å²) < 4.78 is 25.5. The minimum atomic E-state index is -0.445. The maximum absolute atomic E-state index is 9.56. The molecular weight excluding hydrogens is 460 g/mol. The average Bonchev–Trinajstić information content (AvgIpc) is 3.67. The lowest BCUT2D eigenvalue weighted by molar-refractivity contribution is 0.0410. The summed E-state index contributed by atoms with van der Waals surface area (Å²) in [5.41, 5.74) is 2.48. The smallest absolute Gasteiger partial charge is 0.119 e. The van der Waals surface area contributed by atoms with Crippen molar-refractivity contribution in [3.8, 4) is 11.5 Å². The summed E-state index contributed by atoms with van der Waals surface area (Å²) >= 11 is 0. The molecule has 3 rings (SSSR count). The Bertz CT molecular complexity index is 769. The molecule has 1 fully saturated rings. The SMILES string of the molecule is CNCCOc1ccc(C)cc1.COCC(O)CN(C)CCOc1ccc(C)cc1.COCC1CO1. The maximum Gasteiger partial charge on any atom is 0.119 e. The topological polar surface area (TPSA) is 85.0 Å². The Morgan fingerprint density at radius 3 is 1.89 bits per heavy atom. The van der Waals surface area contributed by atoms with Gasteiger partial charge in [0.05, 0.1) is 25.9 Å². The van der Waals surface area contributed by atoms with Crippen molar-refractivity contribution in [3.63, 3.8) is 0 Å². The fourth-order valence-corrected chi connectivity index (χ4v) is 2.91. The van der Waals surface area contributed by atoms with Gasteiger partial charge in [-0.15, -0.1) is 0 Å². The third kappa shape index (κ3) is 17.3. The van der Waals surface area contributed by atoms with Crippen LogP contribution in [0.5, 0.6) is 11.5 Å². The van der Waals surface area contributed by atoms with Crippen LogP contribution in [0, 0.1) is 13.8 Å². The van der Waals surface area contributed by atoms with Gasteiger partial charge in [0.1, 0.15) is 30.8 Å². The van der Waals surface area contributed by atoms with Crippen LogP contribution in [0.1, 0.15) is 11.1 Å². The molecule has 0 aliphatic carbocycles. The van der Waals surface area contributed by atoms with Gasteiger partial charge in [-0.3, -0.25) is 0 Å². The number of benzene rings is 2. The highest BCUT2D eigenvalue weighted by Crippen LogP contribution is 2.11. The van der Waals surface area contributed by atoms with Gasteiger partial charge in [0, 0.05) is 33.9 Å². The van der Waals surface area contributed by atoms with E-state index in [2.05, 4.69) is 31.3 Å². The highest BCUT2D eigenvalue weighted by molar-refractivity contribution is 5.26. The lowest BCUT2D eigenvalue weighted by Crippen LogP contribution is -2.34. The van der Waals surface area contributed by atoms with Gasteiger partial charge in [0.15, 0.2) is 0 Å². The van der Waals surface area contributed by atoms with Crippen molar-refractivity contribution in [1.82, 2.24) is 10.2 Å². The summed E-state index contributed by atoms with van der Waals surface area (Å²) in [6.45, 7) is 9.72. The Balaban J connectivity index is 0.000000306. The van der Waals surface area contributed by atoms with Crippen molar-refractivity contribution in [3.05, 3.63) is 59.7 Å². The normalized spacial score (nSPS) is 14.7. The summed E-state index contributed by atoms with van der Waals surface area (Å²) in [7, 11) is 7.14. The molecule has 1 aliphatic heterocycles. The molecular formula is C28H46N2O6. The van der Waals surface area contributed by atoms with E-state index in [0.717, 1.165) is 44.4 Å². The van der Waals surface area contributed by atoms with Gasteiger partial charge < -0.3 is 39.0 Å². The molecule has 36 heavy (non-hydrogen) atoms. The van der Waals surface area contributed by atoms with Crippen LogP contribution >= 0.6 is 0 Å². The molecule has 1 aliphatic rings. The molecule has 0 bridgehead atoms. The number of aliphatic hydroxyl groups is 1. The molecule has 8 nitrogen and oxygen atoms in total. The van der Waals surface area contributed by atoms with Crippen molar-refractivity contribution < 1.29 is 28.8 Å². The number of hydrogen-bond donors (Lipinski definition) is 2. The van der Waals surface area contributed by atoms with E-state index in [1.54, 1.807) is 14.2 Å². The Morgan fingerprint density at radius 2 is 1.47 bits per heavy atom. The molecule has 1 saturated heterocycles. The summed E-state index contributed by atoms with van der Waals surface area (Å²) in [4.78, 5) is 2.03. The van der Waals surface area contributed by atoms with Gasteiger partial charge in [-0.05, 0) is 52.2 Å². The zero-order valence-electron chi connectivity index (χ0n) is 22.9. The number of methoxy groups -OCH3 is 2. The van der Waals surface area contributed by atoms with Crippen LogP contribution in [0.3, 0.4) is 0 Å². The fourth-order valence-electron chi connectivity index (χ4n) is 2.91. The number of hydrogen-bond acceptors (Lipinski definition) is 8. The van der Waals surface area contributed by atoms with Gasteiger partial charge >= 0.3 is 0 Å². The number of aliphatic hydroxyl groups excluding tert-OH is 1. The van der Waals surface area contributed by atoms with Crippen LogP contribution in [0.15, 0.2) is 48.5 Å². The summed E-state index contributed by atoms with van der Waals surface area (Å²) in [5, 5.41) is 12.6. The highest BCUT2D eigenvalue weighted by Gasteiger charge is 2.21. The van der Waals surface area contributed by atoms with Crippen LogP contribution in [-0.4, -0.2) is 103 Å². The third-order valence-corrected chi connectivity index (χ3v) is 5.04. The number of ether oxygens (including phenoxy) is 5. The molecule has 2 aromatic carbocycles. The summed E-state index contributed by atoms with van der Waals surface area (Å²) in [5.74, 6) is 1.82. The Kier molecular flexibility index (Phi) is 17.6. The summed E-state index contributed by atoms with van der Waals surface area (Å²) in [6.07, 6.45) is -0.0191. The molecule has 204 valence electrons. The molecule has 2 atom stereocenters. The zero-order chi connectivity index (χ0) is 26.6. The first-order valence-electron chi connectivity index (χ1n) is 12.4. The molecule has 0 spiro atoms. The van der Waals surface area contributed by atoms with E-state index in [1.807, 2.05) is 55.4 Å². The van der Waals surface area contributed by atoms with Crippen molar-refractivity contribution in [2.45, 2.75) is 26.1 Å². The number of aryl methyl sites for hydroxylation is 2. The van der Waals surface area contributed by atoms with E-state index >= 15 is 0 Å². The third-order valence-electron chi connectivity index (χ3n) is 5.04. The van der Waals surface area contributed by atoms with Crippen LogP contribution in [0.4, 0.5) is 0 Å². The number of rotatable bonds is 14. The first-order chi connectivity index (χ1) is 17.4. The molecule has 0 amide bonds. The van der Waals surface area contributed by atoms with E-state index in [4.69, 9.17) is 23.7 Å². The predicted octanol–water partition coefficient (Wildman–Crippen LogP) is 2.94. The fraction of sp³-hybridized carbons (Fsp3) is 0.571. The first-order valence-corrected chi connectivity index (χ1v) is 12.4. The molecule has 1 heterocycles. The monoisotopic (exact) mass is 506 g/mol. The number of nitrogens with zero attached hydrogens (tertiary/aromatic N) is 1. The zero-order valence-corrected chi connectivity index (χ0v) is 22.9. The average molecular weight is 507 g/mol. The van der Waals surface area contributed by atoms with E-state index in [-0.39, 0.29) is 0 Å². The number of nitrogens with one attached hydrogen (secondary N) is 1. The molecule has 0 radical (unpaired) electrons. The van der Waals surface area contributed by atoms with E-state index in [1.165, 1.54) is 11.1 Å². The van der Waals surface area contributed by atoms with Crippen LogP contribution in [-0.2, 0) is 14.2 Å². The Labute approximate surface area is 217 Å². The number of epoxide rings is 1. The minimum Gasteiger partial charge on any atom is -0.492 e. The molecule has 8 heteroatoms. The van der Waals surface area contributed by atoms with Crippen molar-refractivity contribution in [1.29, 1.82) is 0 Å². The summed E-state index contributed by atoms with van der Waals surface area (Å²) in [6, 6.07) is 16.1. The Morgan fingerprint density at radius 1 is 0.944 bits per heavy atom. The van der Waals surface area contributed by atoms with Gasteiger partial charge in [-0.2, -0.15) is 0 Å².